The highest BCUT2D eigenvalue weighted by molar-refractivity contribution is 9.10. The molecule has 1 aliphatic heterocycles. The Balaban J connectivity index is 1.23. The normalized spacial score (nSPS) is 18.5. The van der Waals surface area contributed by atoms with E-state index in [0.717, 1.165) is 23.2 Å². The van der Waals surface area contributed by atoms with Gasteiger partial charge in [-0.25, -0.2) is 4.68 Å². The average molecular weight is 616 g/mol. The fourth-order valence-electron chi connectivity index (χ4n) is 5.81. The number of halogens is 1. The third-order valence-electron chi connectivity index (χ3n) is 8.22. The first-order chi connectivity index (χ1) is 19.8. The van der Waals surface area contributed by atoms with Crippen molar-refractivity contribution in [1.29, 1.82) is 0 Å². The van der Waals surface area contributed by atoms with Gasteiger partial charge in [0.1, 0.15) is 5.69 Å². The summed E-state index contributed by atoms with van der Waals surface area (Å²) in [5, 5.41) is 11.8. The highest BCUT2D eigenvalue weighted by Gasteiger charge is 2.45. The Labute approximate surface area is 246 Å². The maximum absolute atomic E-state index is 13.7. The van der Waals surface area contributed by atoms with Crippen LogP contribution >= 0.6 is 15.9 Å². The van der Waals surface area contributed by atoms with Gasteiger partial charge < -0.3 is 14.8 Å². The molecule has 2 aliphatic rings. The van der Waals surface area contributed by atoms with Crippen molar-refractivity contribution in [2.75, 3.05) is 11.9 Å². The van der Waals surface area contributed by atoms with Crippen LogP contribution < -0.4 is 10.9 Å². The van der Waals surface area contributed by atoms with Crippen LogP contribution in [-0.2, 0) is 13.6 Å². The first-order valence-corrected chi connectivity index (χ1v) is 14.6. The summed E-state index contributed by atoms with van der Waals surface area (Å²) < 4.78 is 3.85. The summed E-state index contributed by atoms with van der Waals surface area (Å²) in [5.41, 5.74) is 3.79. The molecule has 1 aliphatic carbocycles. The molecule has 2 unspecified atom stereocenters. The zero-order valence-electron chi connectivity index (χ0n) is 23.0. The lowest BCUT2D eigenvalue weighted by Crippen LogP contribution is -2.42. The Morgan fingerprint density at radius 3 is 2.56 bits per heavy atom. The van der Waals surface area contributed by atoms with Gasteiger partial charge in [-0.1, -0.05) is 35.5 Å². The standard InChI is InChI=1S/C31H31BrN6O3/c1-19-8-9-21(14-24(19)30(40)33-22-6-4-3-5-7-22)27-17-37(35-34-27)18-28-23(20-10-11-20)12-13-38(28)31(41)25-15-29(39)36(2)16-26(25)32/h3-9,14-17,20,23,28H,10-13,18H2,1-2H3,(H,33,40). The molecule has 3 heterocycles. The molecule has 2 aromatic heterocycles. The van der Waals surface area contributed by atoms with Crippen LogP contribution in [0.2, 0.25) is 0 Å². The molecule has 0 radical (unpaired) electrons. The number of likely N-dealkylation sites (tertiary alicyclic amines) is 1. The number of hydrogen-bond acceptors (Lipinski definition) is 5. The van der Waals surface area contributed by atoms with E-state index >= 15 is 0 Å². The molecule has 6 rings (SSSR count). The topological polar surface area (TPSA) is 102 Å². The molecule has 2 atom stereocenters. The molecular weight excluding hydrogens is 584 g/mol. The van der Waals surface area contributed by atoms with Crippen LogP contribution in [0, 0.1) is 18.8 Å². The van der Waals surface area contributed by atoms with Crippen molar-refractivity contribution in [3.05, 3.63) is 98.5 Å². The molecule has 1 saturated carbocycles. The predicted molar refractivity (Wildman–Crippen MR) is 160 cm³/mol. The van der Waals surface area contributed by atoms with E-state index in [4.69, 9.17) is 0 Å². The van der Waals surface area contributed by atoms with Crippen LogP contribution in [0.4, 0.5) is 5.69 Å². The zero-order chi connectivity index (χ0) is 28.7. The Morgan fingerprint density at radius 2 is 1.80 bits per heavy atom. The lowest BCUT2D eigenvalue weighted by atomic mass is 9.94. The number of aromatic nitrogens is 4. The summed E-state index contributed by atoms with van der Waals surface area (Å²) in [6, 6.07) is 16.4. The number of carbonyl (C=O) groups excluding carboxylic acids is 2. The lowest BCUT2D eigenvalue weighted by molar-refractivity contribution is 0.0691. The average Bonchev–Trinajstić information content (AvgIpc) is 3.55. The second kappa shape index (κ2) is 11.1. The van der Waals surface area contributed by atoms with E-state index in [-0.39, 0.29) is 23.4 Å². The molecule has 9 nitrogen and oxygen atoms in total. The first-order valence-electron chi connectivity index (χ1n) is 13.8. The van der Waals surface area contributed by atoms with Crippen LogP contribution in [0.15, 0.2) is 76.3 Å². The number of anilines is 1. The number of nitrogens with zero attached hydrogens (tertiary/aromatic N) is 5. The fourth-order valence-corrected chi connectivity index (χ4v) is 6.40. The molecule has 41 heavy (non-hydrogen) atoms. The molecular formula is C31H31BrN6O3. The highest BCUT2D eigenvalue weighted by Crippen LogP contribution is 2.45. The smallest absolute Gasteiger partial charge is 0.255 e. The molecule has 0 bridgehead atoms. The molecule has 1 N–H and O–H groups in total. The zero-order valence-corrected chi connectivity index (χ0v) is 24.5. The van der Waals surface area contributed by atoms with Crippen molar-refractivity contribution in [3.8, 4) is 11.3 Å². The maximum Gasteiger partial charge on any atom is 0.255 e. The number of benzene rings is 2. The van der Waals surface area contributed by atoms with Crippen LogP contribution in [0.3, 0.4) is 0 Å². The Morgan fingerprint density at radius 1 is 1.02 bits per heavy atom. The predicted octanol–water partition coefficient (Wildman–Crippen LogP) is 4.91. The van der Waals surface area contributed by atoms with Gasteiger partial charge in [-0.15, -0.1) is 5.10 Å². The van der Waals surface area contributed by atoms with Crippen molar-refractivity contribution >= 4 is 33.4 Å². The van der Waals surface area contributed by atoms with E-state index < -0.39 is 0 Å². The Kier molecular flexibility index (Phi) is 7.33. The van der Waals surface area contributed by atoms with Crippen LogP contribution in [0.5, 0.6) is 0 Å². The lowest BCUT2D eigenvalue weighted by Gasteiger charge is -2.28. The number of para-hydroxylation sites is 1. The molecule has 10 heteroatoms. The summed E-state index contributed by atoms with van der Waals surface area (Å²) in [6.45, 7) is 3.06. The number of pyridine rings is 1. The van der Waals surface area contributed by atoms with Crippen molar-refractivity contribution in [2.45, 2.75) is 38.8 Å². The van der Waals surface area contributed by atoms with Crippen molar-refractivity contribution in [3.63, 3.8) is 0 Å². The van der Waals surface area contributed by atoms with E-state index in [2.05, 4.69) is 31.6 Å². The number of nitrogens with one attached hydrogen (secondary N) is 1. The van der Waals surface area contributed by atoms with Gasteiger partial charge in [-0.05, 0) is 77.7 Å². The molecule has 2 amide bonds. The summed E-state index contributed by atoms with van der Waals surface area (Å²) in [6.07, 6.45) is 6.81. The van der Waals surface area contributed by atoms with Crippen LogP contribution in [0.25, 0.3) is 11.3 Å². The third kappa shape index (κ3) is 5.61. The highest BCUT2D eigenvalue weighted by atomic mass is 79.9. The molecule has 4 aromatic rings. The van der Waals surface area contributed by atoms with Crippen molar-refractivity contribution in [2.24, 2.45) is 18.9 Å². The van der Waals surface area contributed by atoms with Crippen molar-refractivity contribution < 1.29 is 9.59 Å². The molecule has 0 spiro atoms. The second-order valence-corrected chi connectivity index (χ2v) is 11.9. The SMILES string of the molecule is Cc1ccc(-c2cn(CC3C(C4CC4)CCN3C(=O)c3cc(=O)n(C)cc3Br)nn2)cc1C(=O)Nc1ccccc1. The monoisotopic (exact) mass is 614 g/mol. The first kappa shape index (κ1) is 27.1. The van der Waals surface area contributed by atoms with E-state index in [0.29, 0.717) is 46.2 Å². The number of rotatable bonds is 7. The van der Waals surface area contributed by atoms with Gasteiger partial charge in [0, 0.05) is 47.1 Å². The maximum atomic E-state index is 13.7. The van der Waals surface area contributed by atoms with Gasteiger partial charge in [-0.2, -0.15) is 0 Å². The fraction of sp³-hybridized carbons (Fsp3) is 0.323. The number of amides is 2. The number of hydrogen-bond donors (Lipinski definition) is 1. The van der Waals surface area contributed by atoms with Gasteiger partial charge in [0.05, 0.1) is 24.3 Å². The molecule has 2 fully saturated rings. The van der Waals surface area contributed by atoms with Gasteiger partial charge in [0.15, 0.2) is 0 Å². The van der Waals surface area contributed by atoms with Crippen molar-refractivity contribution in [1.82, 2.24) is 24.5 Å². The van der Waals surface area contributed by atoms with Crippen LogP contribution in [-0.4, -0.2) is 48.9 Å². The van der Waals surface area contributed by atoms with E-state index in [1.54, 1.807) is 17.9 Å². The van der Waals surface area contributed by atoms with Gasteiger partial charge in [0.25, 0.3) is 17.4 Å². The van der Waals surface area contributed by atoms with E-state index in [9.17, 15) is 14.4 Å². The van der Waals surface area contributed by atoms with Gasteiger partial charge in [0.2, 0.25) is 0 Å². The van der Waals surface area contributed by atoms with Gasteiger partial charge in [-0.3, -0.25) is 14.4 Å². The van der Waals surface area contributed by atoms with E-state index in [1.807, 2.05) is 66.6 Å². The van der Waals surface area contributed by atoms with Crippen LogP contribution in [0.1, 0.15) is 45.5 Å². The molecule has 210 valence electrons. The minimum atomic E-state index is -0.220. The summed E-state index contributed by atoms with van der Waals surface area (Å²) in [4.78, 5) is 40.9. The molecule has 2 aromatic carbocycles. The summed E-state index contributed by atoms with van der Waals surface area (Å²) in [5.74, 6) is 0.660. The number of carbonyl (C=O) groups is 2. The minimum absolute atomic E-state index is 0.0502. The third-order valence-corrected chi connectivity index (χ3v) is 8.85. The largest absolute Gasteiger partial charge is 0.333 e. The molecule has 1 saturated heterocycles. The minimum Gasteiger partial charge on any atom is -0.333 e. The Bertz CT molecular complexity index is 1680. The summed E-state index contributed by atoms with van der Waals surface area (Å²) >= 11 is 3.48. The van der Waals surface area contributed by atoms with E-state index in [1.165, 1.54) is 23.5 Å². The second-order valence-electron chi connectivity index (χ2n) is 11.0. The summed E-state index contributed by atoms with van der Waals surface area (Å²) in [7, 11) is 1.66. The Hall–Kier alpha value is -4.05. The quantitative estimate of drug-likeness (QED) is 0.319. The van der Waals surface area contributed by atoms with Gasteiger partial charge >= 0.3 is 0 Å². The number of aryl methyl sites for hydroxylation is 2.